The fraction of sp³-hybridized carbons (Fsp3) is 0.360. The molecule has 7 nitrogen and oxygen atoms in total. The normalized spacial score (nSPS) is 20.8. The van der Waals surface area contributed by atoms with Crippen molar-refractivity contribution < 1.29 is 14.3 Å². The molecule has 1 fully saturated rings. The summed E-state index contributed by atoms with van der Waals surface area (Å²) in [6.07, 6.45) is 4.69. The number of anilines is 2. The van der Waals surface area contributed by atoms with Crippen LogP contribution in [0.3, 0.4) is 0 Å². The Morgan fingerprint density at radius 3 is 2.88 bits per heavy atom. The van der Waals surface area contributed by atoms with E-state index in [1.165, 1.54) is 29.8 Å². The Hall–Kier alpha value is -3.39. The van der Waals surface area contributed by atoms with Crippen LogP contribution in [-0.2, 0) is 18.4 Å². The minimum atomic E-state index is -1.36. The highest BCUT2D eigenvalue weighted by Crippen LogP contribution is 2.56. The summed E-state index contributed by atoms with van der Waals surface area (Å²) in [6, 6.07) is 10.6. The zero-order chi connectivity index (χ0) is 23.3. The van der Waals surface area contributed by atoms with Crippen molar-refractivity contribution in [3.8, 4) is 0 Å². The fourth-order valence-corrected chi connectivity index (χ4v) is 5.40. The van der Waals surface area contributed by atoms with Crippen LogP contribution in [0.15, 0.2) is 41.3 Å². The Balaban J connectivity index is 1.31. The van der Waals surface area contributed by atoms with Gasteiger partial charge in [0, 0.05) is 37.3 Å². The zero-order valence-electron chi connectivity index (χ0n) is 18.5. The Bertz CT molecular complexity index is 1340. The Labute approximate surface area is 190 Å². The Morgan fingerprint density at radius 1 is 1.33 bits per heavy atom. The van der Waals surface area contributed by atoms with Crippen molar-refractivity contribution in [2.75, 3.05) is 24.1 Å². The molecule has 1 aromatic heterocycles. The number of halogens is 1. The van der Waals surface area contributed by atoms with E-state index >= 15 is 0 Å². The van der Waals surface area contributed by atoms with Crippen LogP contribution in [0, 0.1) is 5.82 Å². The van der Waals surface area contributed by atoms with Crippen molar-refractivity contribution in [3.63, 3.8) is 0 Å². The van der Waals surface area contributed by atoms with Gasteiger partial charge in [0.1, 0.15) is 5.56 Å². The van der Waals surface area contributed by atoms with E-state index in [9.17, 15) is 19.1 Å². The zero-order valence-corrected chi connectivity index (χ0v) is 18.5. The van der Waals surface area contributed by atoms with Gasteiger partial charge in [-0.3, -0.25) is 4.79 Å². The van der Waals surface area contributed by atoms with Crippen molar-refractivity contribution in [2.45, 2.75) is 44.2 Å². The highest BCUT2D eigenvalue weighted by Gasteiger charge is 2.57. The number of nitrogens with one attached hydrogen (secondary N) is 2. The first-order valence-corrected chi connectivity index (χ1v) is 11.3. The van der Waals surface area contributed by atoms with Gasteiger partial charge in [0.05, 0.1) is 22.3 Å². The summed E-state index contributed by atoms with van der Waals surface area (Å²) in [4.78, 5) is 24.0. The molecule has 0 unspecified atom stereocenters. The number of benzene rings is 2. The first-order valence-electron chi connectivity index (χ1n) is 11.3. The third-order valence-corrected chi connectivity index (χ3v) is 7.22. The van der Waals surface area contributed by atoms with E-state index in [0.29, 0.717) is 31.2 Å². The fourth-order valence-electron chi connectivity index (χ4n) is 5.40. The molecule has 8 heteroatoms. The molecule has 2 aromatic carbocycles. The monoisotopic (exact) mass is 450 g/mol. The average molecular weight is 451 g/mol. The Kier molecular flexibility index (Phi) is 5.12. The number of nitrogen functional groups attached to an aromatic ring is 1. The lowest BCUT2D eigenvalue weighted by Crippen LogP contribution is -2.29. The lowest BCUT2D eigenvalue weighted by Gasteiger charge is -2.16. The molecule has 1 saturated carbocycles. The maximum Gasteiger partial charge on any atom is 0.341 e. The molecule has 2 aliphatic rings. The van der Waals surface area contributed by atoms with E-state index in [0.717, 1.165) is 12.8 Å². The average Bonchev–Trinajstić information content (AvgIpc) is 3.39. The molecule has 2 atom stereocenters. The van der Waals surface area contributed by atoms with Gasteiger partial charge in [0.25, 0.3) is 0 Å². The van der Waals surface area contributed by atoms with Crippen LogP contribution in [0.25, 0.3) is 10.9 Å². The van der Waals surface area contributed by atoms with Gasteiger partial charge in [0.2, 0.25) is 5.43 Å². The van der Waals surface area contributed by atoms with Crippen LogP contribution in [0.1, 0.15) is 41.3 Å². The molecular formula is C25H27FN4O3. The third kappa shape index (κ3) is 3.36. The van der Waals surface area contributed by atoms with E-state index in [4.69, 9.17) is 5.73 Å². The predicted octanol–water partition coefficient (Wildman–Crippen LogP) is 3.10. The van der Waals surface area contributed by atoms with Crippen molar-refractivity contribution in [1.82, 2.24) is 9.88 Å². The molecule has 0 saturated heterocycles. The maximum atomic E-state index is 15.0. The number of hydrogen-bond donors (Lipinski definition) is 4. The van der Waals surface area contributed by atoms with Gasteiger partial charge < -0.3 is 26.0 Å². The van der Waals surface area contributed by atoms with Crippen LogP contribution in [0.5, 0.6) is 0 Å². The largest absolute Gasteiger partial charge is 0.477 e. The van der Waals surface area contributed by atoms with Crippen molar-refractivity contribution in [2.24, 2.45) is 0 Å². The van der Waals surface area contributed by atoms with E-state index in [2.05, 4.69) is 34.9 Å². The molecule has 1 spiro atoms. The number of hydrogen-bond acceptors (Lipinski definition) is 5. The molecule has 0 aliphatic heterocycles. The van der Waals surface area contributed by atoms with Gasteiger partial charge in [-0.2, -0.15) is 0 Å². The van der Waals surface area contributed by atoms with Gasteiger partial charge in [-0.25, -0.2) is 9.18 Å². The molecule has 172 valence electrons. The van der Waals surface area contributed by atoms with Crippen LogP contribution in [0.2, 0.25) is 0 Å². The van der Waals surface area contributed by atoms with E-state index in [1.807, 2.05) is 6.92 Å². The number of carboxylic acid groups (broad SMARTS) is 1. The topological polar surface area (TPSA) is 109 Å². The molecule has 3 aromatic rings. The van der Waals surface area contributed by atoms with E-state index < -0.39 is 22.8 Å². The summed E-state index contributed by atoms with van der Waals surface area (Å²) in [5.74, 6) is -2.10. The first-order chi connectivity index (χ1) is 15.9. The third-order valence-electron chi connectivity index (χ3n) is 7.22. The smallest absolute Gasteiger partial charge is 0.341 e. The number of pyridine rings is 1. The maximum absolute atomic E-state index is 15.0. The predicted molar refractivity (Wildman–Crippen MR) is 127 cm³/mol. The molecule has 5 rings (SSSR count). The number of nitrogens with zero attached hydrogens (tertiary/aromatic N) is 1. The SMILES string of the molecule is CCn1cc(C(=O)O)c(=O)c2c(N)c(F)c(NCCN[C@@H]3C[C@@]34CCc3ccccc34)cc21. The molecule has 0 radical (unpaired) electrons. The second-order valence-corrected chi connectivity index (χ2v) is 8.96. The number of carboxylic acids is 1. The van der Waals surface area contributed by atoms with Gasteiger partial charge in [-0.1, -0.05) is 24.3 Å². The van der Waals surface area contributed by atoms with Crippen molar-refractivity contribution in [1.29, 1.82) is 0 Å². The number of aromatic carboxylic acids is 1. The number of aryl methyl sites for hydroxylation is 2. The highest BCUT2D eigenvalue weighted by atomic mass is 19.1. The summed E-state index contributed by atoms with van der Waals surface area (Å²) < 4.78 is 16.6. The van der Waals surface area contributed by atoms with Gasteiger partial charge >= 0.3 is 5.97 Å². The van der Waals surface area contributed by atoms with Crippen LogP contribution >= 0.6 is 0 Å². The molecule has 33 heavy (non-hydrogen) atoms. The number of carbonyl (C=O) groups is 1. The minimum absolute atomic E-state index is 0.0993. The van der Waals surface area contributed by atoms with E-state index in [-0.39, 0.29) is 22.2 Å². The molecular weight excluding hydrogens is 423 g/mol. The lowest BCUT2D eigenvalue weighted by molar-refractivity contribution is 0.0695. The first kappa shape index (κ1) is 21.5. The summed E-state index contributed by atoms with van der Waals surface area (Å²) in [6.45, 7) is 3.37. The number of nitrogens with two attached hydrogens (primary N) is 1. The molecule has 1 heterocycles. The molecule has 5 N–H and O–H groups in total. The van der Waals surface area contributed by atoms with Crippen LogP contribution in [-0.4, -0.2) is 34.8 Å². The summed E-state index contributed by atoms with van der Waals surface area (Å²) >= 11 is 0. The molecule has 0 amide bonds. The van der Waals surface area contributed by atoms with E-state index in [1.54, 1.807) is 4.57 Å². The van der Waals surface area contributed by atoms with Crippen LogP contribution < -0.4 is 21.8 Å². The van der Waals surface area contributed by atoms with Crippen molar-refractivity contribution >= 4 is 28.2 Å². The summed E-state index contributed by atoms with van der Waals surface area (Å²) in [7, 11) is 0. The number of fused-ring (bicyclic) bond motifs is 3. The standard InChI is InChI=1S/C25H27FN4O3/c1-2-30-13-15(24(32)33)23(31)20-18(30)11-17(21(26)22(20)27)28-9-10-29-19-12-25(19)8-7-14-5-3-4-6-16(14)25/h3-6,11,13,19,28-29H,2,7-10,12,27H2,1H3,(H,32,33)/t19-,25-/m1/s1. The highest BCUT2D eigenvalue weighted by molar-refractivity contribution is 5.99. The quantitative estimate of drug-likeness (QED) is 0.325. The summed E-state index contributed by atoms with van der Waals surface area (Å²) in [5.41, 5.74) is 8.19. The number of rotatable bonds is 7. The van der Waals surface area contributed by atoms with Gasteiger partial charge in [-0.15, -0.1) is 0 Å². The Morgan fingerprint density at radius 2 is 2.12 bits per heavy atom. The molecule has 0 bridgehead atoms. The van der Waals surface area contributed by atoms with Gasteiger partial charge in [-0.05, 0) is 43.4 Å². The van der Waals surface area contributed by atoms with Gasteiger partial charge in [0.15, 0.2) is 5.82 Å². The lowest BCUT2D eigenvalue weighted by atomic mass is 9.97. The van der Waals surface area contributed by atoms with Crippen LogP contribution in [0.4, 0.5) is 15.8 Å². The minimum Gasteiger partial charge on any atom is -0.477 e. The van der Waals surface area contributed by atoms with Crippen molar-refractivity contribution in [3.05, 3.63) is 69.3 Å². The molecule has 2 aliphatic carbocycles. The second kappa shape index (κ2) is 7.88. The number of aromatic nitrogens is 1. The summed E-state index contributed by atoms with van der Waals surface area (Å²) in [5, 5.41) is 15.9. The second-order valence-electron chi connectivity index (χ2n) is 8.96.